The number of carbonyl (C=O) groups is 2. The summed E-state index contributed by atoms with van der Waals surface area (Å²) in [7, 11) is 0. The highest BCUT2D eigenvalue weighted by Gasteiger charge is 2.12. The lowest BCUT2D eigenvalue weighted by molar-refractivity contribution is 0.101. The zero-order valence-corrected chi connectivity index (χ0v) is 25.9. The lowest BCUT2D eigenvalue weighted by atomic mass is 10.1. The Hall–Kier alpha value is -5.35. The number of nitrogens with one attached hydrogen (secondary N) is 4. The molecule has 6 rings (SSSR count). The van der Waals surface area contributed by atoms with E-state index in [1.54, 1.807) is 48.5 Å². The lowest BCUT2D eigenvalue weighted by Crippen LogP contribution is -2.19. The van der Waals surface area contributed by atoms with Crippen LogP contribution in [0.5, 0.6) is 11.5 Å². The number of halogens is 1. The van der Waals surface area contributed by atoms with Gasteiger partial charge in [-0.1, -0.05) is 24.3 Å². The van der Waals surface area contributed by atoms with Crippen LogP contribution in [0.4, 0.5) is 11.4 Å². The molecule has 2 amide bonds. The highest BCUT2D eigenvalue weighted by Crippen LogP contribution is 2.18. The van der Waals surface area contributed by atoms with E-state index in [1.807, 2.05) is 48.5 Å². The van der Waals surface area contributed by atoms with Gasteiger partial charge in [0.1, 0.15) is 23.2 Å². The van der Waals surface area contributed by atoms with Crippen molar-refractivity contribution in [3.8, 4) is 11.5 Å². The Morgan fingerprint density at radius 3 is 1.46 bits per heavy atom. The van der Waals surface area contributed by atoms with E-state index in [0.717, 1.165) is 49.0 Å². The van der Waals surface area contributed by atoms with Crippen LogP contribution in [0, 0.1) is 0 Å². The maximum absolute atomic E-state index is 12.7. The smallest absolute Gasteiger partial charge is 0.255 e. The Balaban J connectivity index is 0.00000417. The van der Waals surface area contributed by atoms with Crippen LogP contribution in [-0.4, -0.2) is 62.9 Å². The average Bonchev–Trinajstić information content (AvgIpc) is 3.81. The van der Waals surface area contributed by atoms with Gasteiger partial charge in [-0.15, -0.1) is 12.4 Å². The minimum Gasteiger partial charge on any atom is -0.493 e. The molecule has 0 saturated heterocycles. The largest absolute Gasteiger partial charge is 0.493 e. The number of ether oxygens (including phenoxy) is 2. The fraction of sp³-hybridized carbons (Fsp3) is 0.200. The highest BCUT2D eigenvalue weighted by molar-refractivity contribution is 6.07. The molecule has 0 atom stereocenters. The number of amides is 2. The number of aliphatic imine (C=N–C) groups is 2. The summed E-state index contributed by atoms with van der Waals surface area (Å²) in [6, 6.07) is 29.3. The topological polar surface area (TPSA) is 125 Å². The van der Waals surface area contributed by atoms with Gasteiger partial charge in [-0.2, -0.15) is 0 Å². The molecule has 2 aliphatic heterocycles. The molecule has 4 N–H and O–H groups in total. The molecule has 0 radical (unpaired) electrons. The number of rotatable bonds is 12. The third kappa shape index (κ3) is 8.42. The Bertz CT molecular complexity index is 1600. The molecule has 236 valence electrons. The van der Waals surface area contributed by atoms with Crippen LogP contribution in [0.3, 0.4) is 0 Å². The van der Waals surface area contributed by atoms with E-state index in [0.29, 0.717) is 53.6 Å². The van der Waals surface area contributed by atoms with Gasteiger partial charge in [0, 0.05) is 53.1 Å². The molecule has 0 fully saturated rings. The van der Waals surface area contributed by atoms with E-state index < -0.39 is 0 Å². The highest BCUT2D eigenvalue weighted by atomic mass is 35.5. The van der Waals surface area contributed by atoms with Gasteiger partial charge in [-0.25, -0.2) is 0 Å². The molecule has 11 heteroatoms. The van der Waals surface area contributed by atoms with E-state index in [2.05, 4.69) is 31.3 Å². The number of anilines is 2. The minimum absolute atomic E-state index is 0. The first-order valence-electron chi connectivity index (χ1n) is 15.0. The quantitative estimate of drug-likeness (QED) is 0.159. The third-order valence-corrected chi connectivity index (χ3v) is 7.20. The van der Waals surface area contributed by atoms with Crippen LogP contribution in [-0.2, 0) is 0 Å². The van der Waals surface area contributed by atoms with Gasteiger partial charge in [0.15, 0.2) is 0 Å². The van der Waals surface area contributed by atoms with Crippen molar-refractivity contribution in [2.75, 3.05) is 50.0 Å². The summed E-state index contributed by atoms with van der Waals surface area (Å²) >= 11 is 0. The molecule has 0 saturated carbocycles. The number of hydrogen-bond donors (Lipinski definition) is 4. The first-order valence-corrected chi connectivity index (χ1v) is 15.0. The fourth-order valence-electron chi connectivity index (χ4n) is 4.92. The van der Waals surface area contributed by atoms with Gasteiger partial charge in [-0.3, -0.25) is 19.6 Å². The Labute approximate surface area is 273 Å². The molecule has 10 nitrogen and oxygen atoms in total. The molecule has 0 aliphatic carbocycles. The summed E-state index contributed by atoms with van der Waals surface area (Å²) < 4.78 is 11.6. The van der Waals surface area contributed by atoms with E-state index in [1.165, 1.54) is 0 Å². The van der Waals surface area contributed by atoms with Crippen molar-refractivity contribution < 1.29 is 19.1 Å². The van der Waals surface area contributed by atoms with E-state index >= 15 is 0 Å². The summed E-state index contributed by atoms with van der Waals surface area (Å²) in [5.74, 6) is 2.65. The van der Waals surface area contributed by atoms with E-state index in [9.17, 15) is 9.59 Å². The zero-order chi connectivity index (χ0) is 30.8. The number of amidine groups is 2. The summed E-state index contributed by atoms with van der Waals surface area (Å²) in [4.78, 5) is 34.4. The molecular formula is C35H35ClN6O4. The summed E-state index contributed by atoms with van der Waals surface area (Å²) in [6.07, 6.45) is 0.664. The lowest BCUT2D eigenvalue weighted by Gasteiger charge is -2.10. The molecule has 0 aromatic heterocycles. The fourth-order valence-corrected chi connectivity index (χ4v) is 4.92. The second kappa shape index (κ2) is 15.6. The second-order valence-corrected chi connectivity index (χ2v) is 10.5. The second-order valence-electron chi connectivity index (χ2n) is 10.5. The molecule has 2 heterocycles. The standard InChI is InChI=1S/C35H34N6O4.ClH/c42-34(40-28-6-1-4-26(22-28)32-36-16-17-37-32)24-8-12-30(13-9-24)44-20-3-21-45-31-14-10-25(11-15-31)35(43)41-29-7-2-5-27(23-29)33-38-18-19-39-33;/h1-2,4-15,22-23H,3,16-21H2,(H,36,37)(H,38,39)(H,40,42)(H,41,43);1H. The van der Waals surface area contributed by atoms with Crippen LogP contribution >= 0.6 is 12.4 Å². The average molecular weight is 639 g/mol. The molecular weight excluding hydrogens is 604 g/mol. The maximum atomic E-state index is 12.7. The van der Waals surface area contributed by atoms with Gasteiger partial charge in [0.05, 0.1) is 26.3 Å². The summed E-state index contributed by atoms with van der Waals surface area (Å²) in [6.45, 7) is 4.09. The maximum Gasteiger partial charge on any atom is 0.255 e. The predicted octanol–water partition coefficient (Wildman–Crippen LogP) is 5.16. The van der Waals surface area contributed by atoms with Crippen molar-refractivity contribution in [2.24, 2.45) is 9.98 Å². The Kier molecular flexibility index (Phi) is 10.9. The molecule has 4 aromatic carbocycles. The summed E-state index contributed by atoms with van der Waals surface area (Å²) in [5.41, 5.74) is 4.39. The Morgan fingerprint density at radius 1 is 0.630 bits per heavy atom. The van der Waals surface area contributed by atoms with Crippen LogP contribution < -0.4 is 30.7 Å². The number of hydrogen-bond acceptors (Lipinski definition) is 8. The number of carbonyl (C=O) groups excluding carboxylic acids is 2. The first kappa shape index (κ1) is 32.1. The molecule has 0 bridgehead atoms. The van der Waals surface area contributed by atoms with Crippen LogP contribution in [0.2, 0.25) is 0 Å². The molecule has 46 heavy (non-hydrogen) atoms. The van der Waals surface area contributed by atoms with Crippen molar-refractivity contribution in [1.29, 1.82) is 0 Å². The monoisotopic (exact) mass is 638 g/mol. The predicted molar refractivity (Wildman–Crippen MR) is 183 cm³/mol. The normalized spacial score (nSPS) is 13.3. The van der Waals surface area contributed by atoms with Crippen molar-refractivity contribution in [2.45, 2.75) is 6.42 Å². The zero-order valence-electron chi connectivity index (χ0n) is 25.1. The Morgan fingerprint density at radius 2 is 1.07 bits per heavy atom. The van der Waals surface area contributed by atoms with E-state index in [-0.39, 0.29) is 24.2 Å². The third-order valence-electron chi connectivity index (χ3n) is 7.20. The van der Waals surface area contributed by atoms with Crippen LogP contribution in [0.25, 0.3) is 0 Å². The van der Waals surface area contributed by atoms with Crippen LogP contribution in [0.1, 0.15) is 38.3 Å². The molecule has 2 aliphatic rings. The number of nitrogens with zero attached hydrogens (tertiary/aromatic N) is 2. The molecule has 0 unspecified atom stereocenters. The van der Waals surface area contributed by atoms with Crippen molar-refractivity contribution in [3.05, 3.63) is 119 Å². The van der Waals surface area contributed by atoms with Gasteiger partial charge < -0.3 is 30.7 Å². The van der Waals surface area contributed by atoms with Crippen LogP contribution in [0.15, 0.2) is 107 Å². The van der Waals surface area contributed by atoms with Gasteiger partial charge in [-0.05, 0) is 72.8 Å². The molecule has 0 spiro atoms. The summed E-state index contributed by atoms with van der Waals surface area (Å²) in [5, 5.41) is 12.4. The van der Waals surface area contributed by atoms with Crippen molar-refractivity contribution in [1.82, 2.24) is 10.6 Å². The minimum atomic E-state index is -0.196. The number of benzene rings is 4. The van der Waals surface area contributed by atoms with Crippen molar-refractivity contribution >= 4 is 47.3 Å². The first-order chi connectivity index (χ1) is 22.1. The van der Waals surface area contributed by atoms with Crippen molar-refractivity contribution in [3.63, 3.8) is 0 Å². The van der Waals surface area contributed by atoms with E-state index in [4.69, 9.17) is 9.47 Å². The van der Waals surface area contributed by atoms with Gasteiger partial charge in [0.25, 0.3) is 11.8 Å². The van der Waals surface area contributed by atoms with Gasteiger partial charge in [0.2, 0.25) is 0 Å². The molecule has 4 aromatic rings. The van der Waals surface area contributed by atoms with Gasteiger partial charge >= 0.3 is 0 Å². The SMILES string of the molecule is Cl.O=C(Nc1cccc(C2=NCCN2)c1)c1ccc(OCCCOc2ccc(C(=O)Nc3cccc(C4=NCCN4)c3)cc2)cc1.